The van der Waals surface area contributed by atoms with Gasteiger partial charge in [-0.15, -0.1) is 0 Å². The van der Waals surface area contributed by atoms with Crippen molar-refractivity contribution in [2.24, 2.45) is 0 Å². The van der Waals surface area contributed by atoms with E-state index in [9.17, 15) is 9.59 Å². The molecule has 1 radical (unpaired) electrons. The van der Waals surface area contributed by atoms with Crippen LogP contribution in [0.5, 0.6) is 0 Å². The van der Waals surface area contributed by atoms with Gasteiger partial charge in [-0.2, -0.15) is 0 Å². The summed E-state index contributed by atoms with van der Waals surface area (Å²) in [6.45, 7) is 8.78. The lowest BCUT2D eigenvalue weighted by Gasteiger charge is -2.19. The molecule has 2 unspecified atom stereocenters. The molecular weight excluding hydrogens is 216 g/mol. The zero-order chi connectivity index (χ0) is 12.6. The molecule has 0 rings (SSSR count). The molecular formula is C10H17O6. The highest BCUT2D eigenvalue weighted by Crippen LogP contribution is 2.05. The van der Waals surface area contributed by atoms with Gasteiger partial charge in [0.2, 0.25) is 0 Å². The third kappa shape index (κ3) is 6.10. The Morgan fingerprint density at radius 1 is 1.06 bits per heavy atom. The molecule has 0 N–H and O–H groups in total. The van der Waals surface area contributed by atoms with E-state index >= 15 is 0 Å². The molecule has 16 heavy (non-hydrogen) atoms. The molecule has 0 aliphatic carbocycles. The van der Waals surface area contributed by atoms with Crippen LogP contribution in [0, 0.1) is 6.92 Å². The maximum absolute atomic E-state index is 10.9. The van der Waals surface area contributed by atoms with Crippen LogP contribution >= 0.6 is 0 Å². The average molecular weight is 233 g/mol. The minimum Gasteiger partial charge on any atom is -0.435 e. The van der Waals surface area contributed by atoms with Gasteiger partial charge in [0.15, 0.2) is 0 Å². The number of carbonyl (C=O) groups excluding carboxylic acids is 2. The van der Waals surface area contributed by atoms with Gasteiger partial charge < -0.3 is 18.9 Å². The van der Waals surface area contributed by atoms with Gasteiger partial charge in [0, 0.05) is 0 Å². The molecule has 0 bridgehead atoms. The van der Waals surface area contributed by atoms with E-state index < -0.39 is 24.5 Å². The monoisotopic (exact) mass is 233 g/mol. The molecule has 0 spiro atoms. The third-order valence-electron chi connectivity index (χ3n) is 1.58. The van der Waals surface area contributed by atoms with Gasteiger partial charge in [-0.3, -0.25) is 0 Å². The van der Waals surface area contributed by atoms with Gasteiger partial charge in [0.25, 0.3) is 0 Å². The van der Waals surface area contributed by atoms with Crippen molar-refractivity contribution in [1.29, 1.82) is 0 Å². The fourth-order valence-electron chi connectivity index (χ4n) is 0.751. The van der Waals surface area contributed by atoms with Gasteiger partial charge in [0.1, 0.15) is 12.2 Å². The molecule has 93 valence electrons. The zero-order valence-electron chi connectivity index (χ0n) is 9.73. The van der Waals surface area contributed by atoms with Gasteiger partial charge in [-0.25, -0.2) is 9.59 Å². The van der Waals surface area contributed by atoms with Crippen molar-refractivity contribution in [3.8, 4) is 0 Å². The first-order chi connectivity index (χ1) is 7.51. The second kappa shape index (κ2) is 7.78. The number of carbonyl (C=O) groups is 2. The van der Waals surface area contributed by atoms with Crippen molar-refractivity contribution < 1.29 is 28.5 Å². The highest BCUT2D eigenvalue weighted by atomic mass is 16.8. The molecule has 0 heterocycles. The molecule has 0 aromatic heterocycles. The molecule has 0 aromatic rings. The molecule has 0 saturated carbocycles. The fraction of sp³-hybridized carbons (Fsp3) is 0.700. The van der Waals surface area contributed by atoms with Crippen LogP contribution in [0.2, 0.25) is 0 Å². The fourth-order valence-corrected chi connectivity index (χ4v) is 0.751. The summed E-state index contributed by atoms with van der Waals surface area (Å²) in [5.41, 5.74) is 0. The normalized spacial score (nSPS) is 13.5. The SMILES string of the molecule is [CH2]C(OC(=O)OCC)C(C)OC(=O)OCC. The lowest BCUT2D eigenvalue weighted by molar-refractivity contribution is -0.0330. The maximum Gasteiger partial charge on any atom is 0.508 e. The highest BCUT2D eigenvalue weighted by molar-refractivity contribution is 5.61. The average Bonchev–Trinajstić information content (AvgIpc) is 2.17. The van der Waals surface area contributed by atoms with Crippen LogP contribution in [0.25, 0.3) is 0 Å². The first kappa shape index (κ1) is 14.5. The van der Waals surface area contributed by atoms with E-state index in [0.717, 1.165) is 0 Å². The molecule has 0 amide bonds. The van der Waals surface area contributed by atoms with Crippen molar-refractivity contribution in [2.45, 2.75) is 33.0 Å². The van der Waals surface area contributed by atoms with Crippen LogP contribution in [-0.2, 0) is 18.9 Å². The minimum absolute atomic E-state index is 0.207. The van der Waals surface area contributed by atoms with Crippen LogP contribution in [0.1, 0.15) is 20.8 Å². The summed E-state index contributed by atoms with van der Waals surface area (Å²) >= 11 is 0. The number of hydrogen-bond donors (Lipinski definition) is 0. The van der Waals surface area contributed by atoms with Gasteiger partial charge in [0.05, 0.1) is 13.2 Å². The predicted octanol–water partition coefficient (Wildman–Crippen LogP) is 1.92. The summed E-state index contributed by atoms with van der Waals surface area (Å²) in [7, 11) is 0. The molecule has 0 aliphatic rings. The van der Waals surface area contributed by atoms with E-state index in [4.69, 9.17) is 9.47 Å². The third-order valence-corrected chi connectivity index (χ3v) is 1.58. The lowest BCUT2D eigenvalue weighted by Crippen LogP contribution is -2.31. The minimum atomic E-state index is -0.846. The van der Waals surface area contributed by atoms with Crippen LogP contribution in [0.4, 0.5) is 9.59 Å². The maximum atomic E-state index is 10.9. The summed E-state index contributed by atoms with van der Waals surface area (Å²) in [4.78, 5) is 21.8. The zero-order valence-corrected chi connectivity index (χ0v) is 9.73. The van der Waals surface area contributed by atoms with Crippen molar-refractivity contribution in [3.63, 3.8) is 0 Å². The largest absolute Gasteiger partial charge is 0.508 e. The Hall–Kier alpha value is -1.46. The summed E-state index contributed by atoms with van der Waals surface area (Å²) in [6.07, 6.45) is -3.22. The van der Waals surface area contributed by atoms with Crippen LogP contribution in [0.15, 0.2) is 0 Å². The second-order valence-electron chi connectivity index (χ2n) is 2.85. The van der Waals surface area contributed by atoms with Gasteiger partial charge >= 0.3 is 12.3 Å². The highest BCUT2D eigenvalue weighted by Gasteiger charge is 2.21. The van der Waals surface area contributed by atoms with Gasteiger partial charge in [-0.1, -0.05) is 0 Å². The van der Waals surface area contributed by atoms with Crippen LogP contribution < -0.4 is 0 Å². The Balaban J connectivity index is 3.93. The molecule has 0 aliphatic heterocycles. The molecule has 0 aromatic carbocycles. The second-order valence-corrected chi connectivity index (χ2v) is 2.85. The Bertz CT molecular complexity index is 203. The topological polar surface area (TPSA) is 71.1 Å². The summed E-state index contributed by atoms with van der Waals surface area (Å²) < 4.78 is 18.6. The number of ether oxygens (including phenoxy) is 4. The van der Waals surface area contributed by atoms with E-state index in [1.165, 1.54) is 6.92 Å². The van der Waals surface area contributed by atoms with E-state index in [1.54, 1.807) is 13.8 Å². The number of rotatable bonds is 5. The van der Waals surface area contributed by atoms with E-state index in [0.29, 0.717) is 0 Å². The molecule has 2 atom stereocenters. The smallest absolute Gasteiger partial charge is 0.435 e. The molecule has 0 fully saturated rings. The van der Waals surface area contributed by atoms with Crippen molar-refractivity contribution >= 4 is 12.3 Å². The molecule has 6 heteroatoms. The summed E-state index contributed by atoms with van der Waals surface area (Å²) in [6, 6.07) is 0. The number of hydrogen-bond acceptors (Lipinski definition) is 6. The van der Waals surface area contributed by atoms with Crippen molar-refractivity contribution in [1.82, 2.24) is 0 Å². The van der Waals surface area contributed by atoms with Crippen molar-refractivity contribution in [2.75, 3.05) is 13.2 Å². The molecule has 0 saturated heterocycles. The summed E-state index contributed by atoms with van der Waals surface area (Å²) in [5.74, 6) is 0. The first-order valence-corrected chi connectivity index (χ1v) is 5.01. The van der Waals surface area contributed by atoms with Crippen LogP contribution in [-0.4, -0.2) is 37.7 Å². The van der Waals surface area contributed by atoms with E-state index in [2.05, 4.69) is 16.4 Å². The van der Waals surface area contributed by atoms with Crippen LogP contribution in [0.3, 0.4) is 0 Å². The van der Waals surface area contributed by atoms with E-state index in [1.807, 2.05) is 0 Å². The van der Waals surface area contributed by atoms with Crippen molar-refractivity contribution in [3.05, 3.63) is 6.92 Å². The Morgan fingerprint density at radius 3 is 1.94 bits per heavy atom. The quantitative estimate of drug-likeness (QED) is 0.675. The predicted molar refractivity (Wildman–Crippen MR) is 54.8 cm³/mol. The lowest BCUT2D eigenvalue weighted by atomic mass is 10.2. The first-order valence-electron chi connectivity index (χ1n) is 5.01. The standard InChI is InChI=1S/C10H17O6/c1-5-13-9(11)15-7(3)8(4)16-10(12)14-6-2/h7-8H,3,5-6H2,1-2,4H3. The molecule has 6 nitrogen and oxygen atoms in total. The summed E-state index contributed by atoms with van der Waals surface area (Å²) in [5, 5.41) is 0. The van der Waals surface area contributed by atoms with Gasteiger partial charge in [-0.05, 0) is 27.7 Å². The Morgan fingerprint density at radius 2 is 1.50 bits per heavy atom. The van der Waals surface area contributed by atoms with E-state index in [-0.39, 0.29) is 13.2 Å². The Kier molecular flexibility index (Phi) is 7.07. The Labute approximate surface area is 94.8 Å².